The molecule has 0 bridgehead atoms. The topological polar surface area (TPSA) is 181 Å². The van der Waals surface area contributed by atoms with Crippen molar-refractivity contribution < 1.29 is 58.8 Å². The molecule has 2 aliphatic heterocycles. The van der Waals surface area contributed by atoms with Gasteiger partial charge in [0, 0.05) is 17.7 Å². The number of carbonyl (C=O) groups is 2. The normalized spacial score (nSPS) is 20.3. The maximum absolute atomic E-state index is 12.9. The molecule has 44 heavy (non-hydrogen) atoms. The minimum atomic E-state index is -1.68. The van der Waals surface area contributed by atoms with Gasteiger partial charge in [0.25, 0.3) is 0 Å². The molecule has 0 radical (unpaired) electrons. The Labute approximate surface area is 249 Å². The molecular weight excluding hydrogens is 576 g/mol. The fraction of sp³-hybridized carbons (Fsp3) is 0.188. The first kappa shape index (κ1) is 28.5. The second-order valence-corrected chi connectivity index (χ2v) is 10.1. The number of ether oxygens (including phenoxy) is 5. The average molecular weight is 603 g/mol. The van der Waals surface area contributed by atoms with Crippen LogP contribution < -0.4 is 18.9 Å². The number of Topliss-reactive ketones (excluding diaryl/α,β-unsaturated/α-hetero) is 1. The number of aliphatic hydroxyl groups is 1. The van der Waals surface area contributed by atoms with E-state index >= 15 is 0 Å². The molecule has 0 fully saturated rings. The van der Waals surface area contributed by atoms with E-state index in [2.05, 4.69) is 0 Å². The van der Waals surface area contributed by atoms with Crippen LogP contribution in [0.5, 0.6) is 46.0 Å². The van der Waals surface area contributed by atoms with Gasteiger partial charge in [-0.2, -0.15) is 0 Å². The number of aliphatic hydroxyl groups excluding tert-OH is 1. The zero-order chi connectivity index (χ0) is 31.1. The van der Waals surface area contributed by atoms with E-state index in [0.29, 0.717) is 11.1 Å². The lowest BCUT2D eigenvalue weighted by Crippen LogP contribution is -2.38. The van der Waals surface area contributed by atoms with Crippen LogP contribution in [-0.2, 0) is 4.74 Å². The minimum Gasteiger partial charge on any atom is -0.508 e. The third-order valence-electron chi connectivity index (χ3n) is 7.32. The molecule has 2 unspecified atom stereocenters. The predicted octanol–water partition coefficient (Wildman–Crippen LogP) is 3.93. The maximum Gasteiger partial charge on any atom is 0.342 e. The van der Waals surface area contributed by atoms with Gasteiger partial charge >= 0.3 is 5.97 Å². The van der Waals surface area contributed by atoms with Crippen molar-refractivity contribution in [3.63, 3.8) is 0 Å². The number of phenols is 4. The predicted molar refractivity (Wildman–Crippen MR) is 151 cm³/mol. The first-order valence-corrected chi connectivity index (χ1v) is 13.4. The van der Waals surface area contributed by atoms with Crippen molar-refractivity contribution in [1.82, 2.24) is 0 Å². The number of hydrogen-bond donors (Lipinski definition) is 5. The molecule has 4 aromatic rings. The third-order valence-corrected chi connectivity index (χ3v) is 7.32. The van der Waals surface area contributed by atoms with Crippen LogP contribution in [0.15, 0.2) is 72.8 Å². The van der Waals surface area contributed by atoms with Crippen molar-refractivity contribution in [3.8, 4) is 46.0 Å². The summed E-state index contributed by atoms with van der Waals surface area (Å²) in [5, 5.41) is 51.0. The monoisotopic (exact) mass is 602 g/mol. The van der Waals surface area contributed by atoms with Crippen molar-refractivity contribution in [1.29, 1.82) is 0 Å². The summed E-state index contributed by atoms with van der Waals surface area (Å²) in [7, 11) is 1.39. The maximum atomic E-state index is 12.9. The molecule has 6 rings (SSSR count). The van der Waals surface area contributed by atoms with Gasteiger partial charge in [-0.1, -0.05) is 24.3 Å². The van der Waals surface area contributed by atoms with Crippen LogP contribution in [0.4, 0.5) is 0 Å². The molecule has 0 saturated heterocycles. The number of fused-ring (bicyclic) bond motifs is 2. The molecule has 0 aliphatic carbocycles. The van der Waals surface area contributed by atoms with Gasteiger partial charge in [0.1, 0.15) is 40.7 Å². The Morgan fingerprint density at radius 1 is 0.773 bits per heavy atom. The summed E-state index contributed by atoms with van der Waals surface area (Å²) >= 11 is 0. The van der Waals surface area contributed by atoms with Gasteiger partial charge in [0.05, 0.1) is 7.11 Å². The van der Waals surface area contributed by atoms with Crippen LogP contribution in [0.25, 0.3) is 0 Å². The van der Waals surface area contributed by atoms with E-state index in [4.69, 9.17) is 23.7 Å². The molecule has 0 spiro atoms. The minimum absolute atomic E-state index is 0.0269. The van der Waals surface area contributed by atoms with Gasteiger partial charge in [-0.25, -0.2) is 4.79 Å². The SMILES string of the molecule is COc1cc(C2Oc3cc([C@@H]4Oc5cc(O)cc(O)c5C(=O)C4O)ccc3O[C@H]2COC(=O)c2ccccc2O)ccc1O. The first-order chi connectivity index (χ1) is 21.1. The fourth-order valence-corrected chi connectivity index (χ4v) is 5.15. The van der Waals surface area contributed by atoms with Crippen molar-refractivity contribution >= 4 is 11.8 Å². The lowest BCUT2D eigenvalue weighted by molar-refractivity contribution is -0.0260. The Balaban J connectivity index is 1.32. The molecule has 4 atom stereocenters. The summed E-state index contributed by atoms with van der Waals surface area (Å²) in [5.41, 5.74) is 0.559. The third kappa shape index (κ3) is 5.11. The number of aromatic hydroxyl groups is 4. The highest BCUT2D eigenvalue weighted by Gasteiger charge is 2.41. The quantitative estimate of drug-likeness (QED) is 0.201. The average Bonchev–Trinajstić information content (AvgIpc) is 3.01. The van der Waals surface area contributed by atoms with Gasteiger partial charge in [0.15, 0.2) is 47.4 Å². The Bertz CT molecular complexity index is 1770. The smallest absolute Gasteiger partial charge is 0.342 e. The number of methoxy groups -OCH3 is 1. The van der Waals surface area contributed by atoms with Crippen molar-refractivity contribution in [3.05, 3.63) is 95.1 Å². The summed E-state index contributed by atoms with van der Waals surface area (Å²) in [6, 6.07) is 17.2. The van der Waals surface area contributed by atoms with Gasteiger partial charge in [-0.05, 0) is 42.0 Å². The van der Waals surface area contributed by atoms with Gasteiger partial charge < -0.3 is 49.2 Å². The van der Waals surface area contributed by atoms with E-state index < -0.39 is 41.9 Å². The Morgan fingerprint density at radius 3 is 2.27 bits per heavy atom. The first-order valence-electron chi connectivity index (χ1n) is 13.4. The number of esters is 1. The second-order valence-electron chi connectivity index (χ2n) is 10.1. The lowest BCUT2D eigenvalue weighted by atomic mass is 9.92. The van der Waals surface area contributed by atoms with E-state index in [9.17, 15) is 35.1 Å². The van der Waals surface area contributed by atoms with Crippen LogP contribution in [0, 0.1) is 0 Å². The lowest BCUT2D eigenvalue weighted by Gasteiger charge is -2.35. The largest absolute Gasteiger partial charge is 0.508 e. The summed E-state index contributed by atoms with van der Waals surface area (Å²) in [6.45, 7) is -0.287. The van der Waals surface area contributed by atoms with Crippen LogP contribution in [0.2, 0.25) is 0 Å². The van der Waals surface area contributed by atoms with Crippen molar-refractivity contribution in [2.75, 3.05) is 13.7 Å². The van der Waals surface area contributed by atoms with E-state index in [-0.39, 0.29) is 58.0 Å². The second kappa shape index (κ2) is 11.2. The van der Waals surface area contributed by atoms with Gasteiger partial charge in [-0.15, -0.1) is 0 Å². The van der Waals surface area contributed by atoms with Crippen LogP contribution in [-0.4, -0.2) is 63.2 Å². The van der Waals surface area contributed by atoms with E-state index in [1.165, 1.54) is 43.5 Å². The summed E-state index contributed by atoms with van der Waals surface area (Å²) < 4.78 is 29.1. The molecule has 2 aliphatic rings. The molecule has 12 heteroatoms. The Hall–Kier alpha value is -5.62. The fourth-order valence-electron chi connectivity index (χ4n) is 5.15. The Kier molecular flexibility index (Phi) is 7.27. The molecule has 0 aromatic heterocycles. The zero-order valence-corrected chi connectivity index (χ0v) is 23.0. The molecule has 0 saturated carbocycles. The Morgan fingerprint density at radius 2 is 1.50 bits per heavy atom. The highest BCUT2D eigenvalue weighted by atomic mass is 16.6. The number of ketones is 1. The van der Waals surface area contributed by atoms with Gasteiger partial charge in [0.2, 0.25) is 5.78 Å². The standard InChI is InChI=1S/C32H26O12/c1-40-23-10-15(6-8-20(23)35)30-26(14-41-32(39)18-4-2-3-5-19(18)34)42-22-9-7-16(11-24(22)43-30)31-29(38)28(37)27-21(36)12-17(33)13-25(27)44-31/h2-13,26,29-31,33-36,38H,14H2,1H3/t26-,29?,30?,31-/m0/s1. The van der Waals surface area contributed by atoms with Crippen LogP contribution >= 0.6 is 0 Å². The van der Waals surface area contributed by atoms with E-state index in [0.717, 1.165) is 6.07 Å². The van der Waals surface area contributed by atoms with Crippen LogP contribution in [0.3, 0.4) is 0 Å². The number of hydrogen-bond acceptors (Lipinski definition) is 12. The highest BCUT2D eigenvalue weighted by Crippen LogP contribution is 2.46. The zero-order valence-electron chi connectivity index (χ0n) is 23.0. The summed E-state index contributed by atoms with van der Waals surface area (Å²) in [4.78, 5) is 25.6. The number of rotatable bonds is 6. The molecular formula is C32H26O12. The van der Waals surface area contributed by atoms with E-state index in [1.54, 1.807) is 30.3 Å². The van der Waals surface area contributed by atoms with Crippen molar-refractivity contribution in [2.24, 2.45) is 0 Å². The molecule has 2 heterocycles. The molecule has 12 nitrogen and oxygen atoms in total. The number of benzene rings is 4. The number of phenolic OH excluding ortho intramolecular Hbond substituents is 4. The molecule has 0 amide bonds. The summed E-state index contributed by atoms with van der Waals surface area (Å²) in [6.07, 6.45) is -4.69. The highest BCUT2D eigenvalue weighted by molar-refractivity contribution is 6.05. The number of carbonyl (C=O) groups excluding carboxylic acids is 2. The molecule has 4 aromatic carbocycles. The molecule has 226 valence electrons. The van der Waals surface area contributed by atoms with E-state index in [1.807, 2.05) is 0 Å². The van der Waals surface area contributed by atoms with Crippen molar-refractivity contribution in [2.45, 2.75) is 24.4 Å². The molecule has 5 N–H and O–H groups in total. The number of para-hydroxylation sites is 1. The van der Waals surface area contributed by atoms with Crippen LogP contribution in [0.1, 0.15) is 44.1 Å². The van der Waals surface area contributed by atoms with Gasteiger partial charge in [-0.3, -0.25) is 4.79 Å². The summed E-state index contributed by atoms with van der Waals surface area (Å²) in [5.74, 6) is -2.24.